The topological polar surface area (TPSA) is 18.5 Å². The Labute approximate surface area is 164 Å². The molecule has 1 rings (SSSR count). The zero-order valence-electron chi connectivity index (χ0n) is 18.7. The monoisotopic (exact) mass is 368 g/mol. The molecule has 1 atom stereocenters. The number of ether oxygens (including phenoxy) is 2. The summed E-state index contributed by atoms with van der Waals surface area (Å²) in [6.45, 7) is 14.3. The molecular formula is C24H48O2. The van der Waals surface area contributed by atoms with Crippen LogP contribution < -0.4 is 0 Å². The molecule has 0 saturated carbocycles. The van der Waals surface area contributed by atoms with Crippen molar-refractivity contribution < 1.29 is 9.47 Å². The van der Waals surface area contributed by atoms with Gasteiger partial charge < -0.3 is 9.47 Å². The lowest BCUT2D eigenvalue weighted by molar-refractivity contribution is -0.157. The molecule has 0 radical (unpaired) electrons. The summed E-state index contributed by atoms with van der Waals surface area (Å²) in [6, 6.07) is 0. The third-order valence-corrected chi connectivity index (χ3v) is 6.60. The normalized spacial score (nSPS) is 19.0. The Bertz CT molecular complexity index is 317. The minimum atomic E-state index is 0.303. The molecule has 0 amide bonds. The van der Waals surface area contributed by atoms with Crippen molar-refractivity contribution in [1.82, 2.24) is 0 Å². The van der Waals surface area contributed by atoms with Gasteiger partial charge in [-0.2, -0.15) is 0 Å². The van der Waals surface area contributed by atoms with Crippen LogP contribution in [0, 0.1) is 10.8 Å². The lowest BCUT2D eigenvalue weighted by Crippen LogP contribution is -2.47. The molecule has 0 N–H and O–H groups in total. The van der Waals surface area contributed by atoms with Crippen molar-refractivity contribution in [2.45, 2.75) is 124 Å². The van der Waals surface area contributed by atoms with Crippen LogP contribution in [0.4, 0.5) is 0 Å². The van der Waals surface area contributed by atoms with Crippen molar-refractivity contribution in [1.29, 1.82) is 0 Å². The van der Waals surface area contributed by atoms with Gasteiger partial charge in [-0.15, -0.1) is 0 Å². The molecule has 0 spiro atoms. The van der Waals surface area contributed by atoms with Crippen molar-refractivity contribution in [3.05, 3.63) is 0 Å². The molecule has 2 nitrogen and oxygen atoms in total. The average molecular weight is 369 g/mol. The predicted octanol–water partition coefficient (Wildman–Crippen LogP) is 7.55. The molecular weight excluding hydrogens is 320 g/mol. The van der Waals surface area contributed by atoms with Crippen molar-refractivity contribution in [3.8, 4) is 0 Å². The van der Waals surface area contributed by atoms with Gasteiger partial charge in [0.2, 0.25) is 0 Å². The Morgan fingerprint density at radius 3 is 1.65 bits per heavy atom. The average Bonchev–Trinajstić information content (AvgIpc) is 2.68. The summed E-state index contributed by atoms with van der Waals surface area (Å²) in [7, 11) is 0. The highest BCUT2D eigenvalue weighted by Gasteiger charge is 2.44. The summed E-state index contributed by atoms with van der Waals surface area (Å²) >= 11 is 0. The summed E-state index contributed by atoms with van der Waals surface area (Å²) in [5.41, 5.74) is 0.761. The molecule has 0 aromatic rings. The molecule has 26 heavy (non-hydrogen) atoms. The van der Waals surface area contributed by atoms with Gasteiger partial charge in [0.25, 0.3) is 0 Å². The Hall–Kier alpha value is -0.0800. The standard InChI is InChI=1S/C24H48O2/c1-6-10-14-23(5,15-11-7-2)21-24(16-12-8-3,17-13-9-4)22-20-25-18-19-26-22/h22H,6-21H2,1-5H3. The Morgan fingerprint density at radius 1 is 0.731 bits per heavy atom. The summed E-state index contributed by atoms with van der Waals surface area (Å²) in [5, 5.41) is 0. The van der Waals surface area contributed by atoms with E-state index in [0.717, 1.165) is 19.8 Å². The second-order valence-corrected chi connectivity index (χ2v) is 9.20. The summed E-state index contributed by atoms with van der Waals surface area (Å²) < 4.78 is 12.3. The maximum atomic E-state index is 6.37. The first-order chi connectivity index (χ1) is 12.6. The van der Waals surface area contributed by atoms with E-state index < -0.39 is 0 Å². The van der Waals surface area contributed by atoms with Gasteiger partial charge in [0.05, 0.1) is 25.9 Å². The number of rotatable bonds is 15. The summed E-state index contributed by atoms with van der Waals surface area (Å²) in [5.74, 6) is 0. The van der Waals surface area contributed by atoms with E-state index >= 15 is 0 Å². The van der Waals surface area contributed by atoms with Crippen molar-refractivity contribution >= 4 is 0 Å². The second-order valence-electron chi connectivity index (χ2n) is 9.20. The minimum Gasteiger partial charge on any atom is -0.376 e. The van der Waals surface area contributed by atoms with Gasteiger partial charge in [0.1, 0.15) is 0 Å². The lowest BCUT2D eigenvalue weighted by Gasteiger charge is -2.48. The number of hydrogen-bond acceptors (Lipinski definition) is 2. The van der Waals surface area contributed by atoms with E-state index in [0.29, 0.717) is 16.9 Å². The zero-order chi connectivity index (χ0) is 19.3. The van der Waals surface area contributed by atoms with Gasteiger partial charge in [-0.1, -0.05) is 86.0 Å². The van der Waals surface area contributed by atoms with E-state index in [9.17, 15) is 0 Å². The second kappa shape index (κ2) is 13.2. The maximum Gasteiger partial charge on any atom is 0.0865 e. The quantitative estimate of drug-likeness (QED) is 0.297. The van der Waals surface area contributed by atoms with Crippen LogP contribution in [-0.2, 0) is 9.47 Å². The van der Waals surface area contributed by atoms with Crippen LogP contribution in [0.5, 0.6) is 0 Å². The van der Waals surface area contributed by atoms with E-state index in [1.54, 1.807) is 0 Å². The van der Waals surface area contributed by atoms with Gasteiger partial charge in [-0.25, -0.2) is 0 Å². The molecule has 1 heterocycles. The van der Waals surface area contributed by atoms with Crippen LogP contribution in [0.1, 0.15) is 118 Å². The molecule has 1 aliphatic heterocycles. The minimum absolute atomic E-state index is 0.303. The first-order valence-corrected chi connectivity index (χ1v) is 11.7. The van der Waals surface area contributed by atoms with E-state index in [1.165, 1.54) is 83.5 Å². The molecule has 1 fully saturated rings. The fourth-order valence-electron chi connectivity index (χ4n) is 5.00. The highest BCUT2D eigenvalue weighted by atomic mass is 16.6. The predicted molar refractivity (Wildman–Crippen MR) is 114 cm³/mol. The molecule has 0 aliphatic carbocycles. The molecule has 156 valence electrons. The third-order valence-electron chi connectivity index (χ3n) is 6.60. The lowest BCUT2D eigenvalue weighted by atomic mass is 9.61. The molecule has 2 heteroatoms. The van der Waals surface area contributed by atoms with E-state index in [4.69, 9.17) is 9.47 Å². The number of unbranched alkanes of at least 4 members (excludes halogenated alkanes) is 4. The summed E-state index contributed by atoms with van der Waals surface area (Å²) in [4.78, 5) is 0. The van der Waals surface area contributed by atoms with Crippen molar-refractivity contribution in [2.24, 2.45) is 10.8 Å². The van der Waals surface area contributed by atoms with Crippen LogP contribution in [0.15, 0.2) is 0 Å². The summed E-state index contributed by atoms with van der Waals surface area (Å²) in [6.07, 6.45) is 17.5. The van der Waals surface area contributed by atoms with Crippen molar-refractivity contribution in [3.63, 3.8) is 0 Å². The first kappa shape index (κ1) is 24.0. The Morgan fingerprint density at radius 2 is 1.23 bits per heavy atom. The Kier molecular flexibility index (Phi) is 12.1. The maximum absolute atomic E-state index is 6.37. The van der Waals surface area contributed by atoms with Crippen molar-refractivity contribution in [2.75, 3.05) is 19.8 Å². The van der Waals surface area contributed by atoms with Gasteiger partial charge in [-0.3, -0.25) is 0 Å². The van der Waals surface area contributed by atoms with Crippen LogP contribution in [0.2, 0.25) is 0 Å². The molecule has 0 aromatic heterocycles. The van der Waals surface area contributed by atoms with E-state index in [1.807, 2.05) is 0 Å². The molecule has 1 aliphatic rings. The van der Waals surface area contributed by atoms with Gasteiger partial charge in [-0.05, 0) is 42.9 Å². The highest BCUT2D eigenvalue weighted by molar-refractivity contribution is 4.94. The van der Waals surface area contributed by atoms with E-state index in [-0.39, 0.29) is 0 Å². The van der Waals surface area contributed by atoms with Gasteiger partial charge in [0.15, 0.2) is 0 Å². The molecule has 1 unspecified atom stereocenters. The van der Waals surface area contributed by atoms with Crippen LogP contribution in [0.25, 0.3) is 0 Å². The van der Waals surface area contributed by atoms with Crippen LogP contribution in [-0.4, -0.2) is 25.9 Å². The molecule has 0 bridgehead atoms. The molecule has 1 saturated heterocycles. The number of hydrogen-bond donors (Lipinski definition) is 0. The highest BCUT2D eigenvalue weighted by Crippen LogP contribution is 2.50. The SMILES string of the molecule is CCCCC(C)(CCCC)CC(CCCC)(CCCC)C1COCCO1. The molecule has 0 aromatic carbocycles. The van der Waals surface area contributed by atoms with Crippen LogP contribution >= 0.6 is 0 Å². The Balaban J connectivity index is 3.06. The smallest absolute Gasteiger partial charge is 0.0865 e. The third kappa shape index (κ3) is 7.89. The zero-order valence-corrected chi connectivity index (χ0v) is 18.7. The van der Waals surface area contributed by atoms with Gasteiger partial charge >= 0.3 is 0 Å². The van der Waals surface area contributed by atoms with Crippen LogP contribution in [0.3, 0.4) is 0 Å². The van der Waals surface area contributed by atoms with E-state index in [2.05, 4.69) is 34.6 Å². The fourth-order valence-corrected chi connectivity index (χ4v) is 5.00. The largest absolute Gasteiger partial charge is 0.376 e. The van der Waals surface area contributed by atoms with Gasteiger partial charge in [0, 0.05) is 0 Å². The first-order valence-electron chi connectivity index (χ1n) is 11.7. The fraction of sp³-hybridized carbons (Fsp3) is 1.00.